The van der Waals surface area contributed by atoms with Gasteiger partial charge >= 0.3 is 0 Å². The zero-order chi connectivity index (χ0) is 16.2. The van der Waals surface area contributed by atoms with E-state index >= 15 is 0 Å². The average molecular weight is 332 g/mol. The standard InChI is InChI=1S/C17H20N2O3S/c1-11-5-14(22-9-13-3-4-21-8-13)6-15(18-11)16(20)7-17-19-12(2)10-23-17/h5-6,10,13H,3-4,7-9H2,1-2H3/t13-/m1/s1. The molecule has 0 aromatic carbocycles. The second-order valence-electron chi connectivity index (χ2n) is 5.85. The van der Waals surface area contributed by atoms with Crippen LogP contribution in [0.1, 0.15) is 33.3 Å². The van der Waals surface area contributed by atoms with Crippen LogP contribution in [-0.4, -0.2) is 35.6 Å². The highest BCUT2D eigenvalue weighted by atomic mass is 32.1. The van der Waals surface area contributed by atoms with E-state index in [4.69, 9.17) is 9.47 Å². The first kappa shape index (κ1) is 16.1. The van der Waals surface area contributed by atoms with Crippen molar-refractivity contribution in [3.05, 3.63) is 39.6 Å². The van der Waals surface area contributed by atoms with Crippen LogP contribution in [-0.2, 0) is 11.2 Å². The maximum Gasteiger partial charge on any atom is 0.188 e. The fourth-order valence-corrected chi connectivity index (χ4v) is 3.27. The molecule has 3 rings (SSSR count). The minimum atomic E-state index is -0.0305. The molecule has 0 radical (unpaired) electrons. The van der Waals surface area contributed by atoms with Crippen LogP contribution in [0.5, 0.6) is 5.75 Å². The average Bonchev–Trinajstić information content (AvgIpc) is 3.16. The van der Waals surface area contributed by atoms with Gasteiger partial charge in [-0.15, -0.1) is 11.3 Å². The van der Waals surface area contributed by atoms with Gasteiger partial charge in [0.15, 0.2) is 5.78 Å². The lowest BCUT2D eigenvalue weighted by Gasteiger charge is -2.11. The number of pyridine rings is 1. The lowest BCUT2D eigenvalue weighted by molar-refractivity contribution is 0.0987. The second kappa shape index (κ2) is 7.19. The number of aryl methyl sites for hydroxylation is 2. The Morgan fingerprint density at radius 1 is 1.35 bits per heavy atom. The summed E-state index contributed by atoms with van der Waals surface area (Å²) in [6.07, 6.45) is 1.31. The van der Waals surface area contributed by atoms with E-state index in [1.807, 2.05) is 25.3 Å². The zero-order valence-electron chi connectivity index (χ0n) is 13.4. The van der Waals surface area contributed by atoms with Crippen LogP contribution in [0.2, 0.25) is 0 Å². The molecule has 2 aromatic heterocycles. The molecule has 3 heterocycles. The van der Waals surface area contributed by atoms with E-state index in [0.29, 0.717) is 24.0 Å². The molecule has 1 aliphatic rings. The zero-order valence-corrected chi connectivity index (χ0v) is 14.2. The van der Waals surface area contributed by atoms with Crippen molar-refractivity contribution >= 4 is 17.1 Å². The van der Waals surface area contributed by atoms with Gasteiger partial charge in [0.2, 0.25) is 0 Å². The predicted molar refractivity (Wildman–Crippen MR) is 88.3 cm³/mol. The van der Waals surface area contributed by atoms with Crippen LogP contribution in [0.25, 0.3) is 0 Å². The van der Waals surface area contributed by atoms with E-state index in [0.717, 1.165) is 36.0 Å². The van der Waals surface area contributed by atoms with Crippen molar-refractivity contribution < 1.29 is 14.3 Å². The maximum atomic E-state index is 12.4. The fourth-order valence-electron chi connectivity index (χ4n) is 2.50. The molecule has 0 saturated carbocycles. The summed E-state index contributed by atoms with van der Waals surface area (Å²) in [6.45, 7) is 5.96. The van der Waals surface area contributed by atoms with Gasteiger partial charge in [0.05, 0.1) is 19.6 Å². The van der Waals surface area contributed by atoms with Crippen LogP contribution >= 0.6 is 11.3 Å². The van der Waals surface area contributed by atoms with Crippen molar-refractivity contribution in [2.45, 2.75) is 26.7 Å². The second-order valence-corrected chi connectivity index (χ2v) is 6.80. The van der Waals surface area contributed by atoms with E-state index in [2.05, 4.69) is 9.97 Å². The quantitative estimate of drug-likeness (QED) is 0.761. The predicted octanol–water partition coefficient (Wildman–Crippen LogP) is 3.00. The summed E-state index contributed by atoms with van der Waals surface area (Å²) in [6, 6.07) is 3.59. The molecule has 2 aromatic rings. The number of rotatable bonds is 6. The number of nitrogens with zero attached hydrogens (tertiary/aromatic N) is 2. The highest BCUT2D eigenvalue weighted by Gasteiger charge is 2.17. The summed E-state index contributed by atoms with van der Waals surface area (Å²) in [5, 5.41) is 2.77. The van der Waals surface area contributed by atoms with Crippen molar-refractivity contribution in [1.82, 2.24) is 9.97 Å². The van der Waals surface area contributed by atoms with E-state index in [9.17, 15) is 4.79 Å². The van der Waals surface area contributed by atoms with Gasteiger partial charge in [-0.3, -0.25) is 4.79 Å². The molecule has 1 fully saturated rings. The largest absolute Gasteiger partial charge is 0.493 e. The summed E-state index contributed by atoms with van der Waals surface area (Å²) < 4.78 is 11.2. The molecule has 5 nitrogen and oxygen atoms in total. The van der Waals surface area contributed by atoms with Gasteiger partial charge in [-0.05, 0) is 20.3 Å². The first-order valence-electron chi connectivity index (χ1n) is 7.73. The van der Waals surface area contributed by atoms with Crippen LogP contribution in [0, 0.1) is 19.8 Å². The number of ether oxygens (including phenoxy) is 2. The highest BCUT2D eigenvalue weighted by molar-refractivity contribution is 7.09. The van der Waals surface area contributed by atoms with E-state index in [1.165, 1.54) is 11.3 Å². The van der Waals surface area contributed by atoms with Crippen molar-refractivity contribution in [1.29, 1.82) is 0 Å². The van der Waals surface area contributed by atoms with E-state index in [-0.39, 0.29) is 12.2 Å². The number of ketones is 1. The SMILES string of the molecule is Cc1cc(OC[C@@H]2CCOC2)cc(C(=O)Cc2nc(C)cs2)n1. The molecular weight excluding hydrogens is 312 g/mol. The van der Waals surface area contributed by atoms with Crippen LogP contribution < -0.4 is 4.74 Å². The summed E-state index contributed by atoms with van der Waals surface area (Å²) in [7, 11) is 0. The Labute approximate surface area is 139 Å². The van der Waals surface area contributed by atoms with Gasteiger partial charge in [0.1, 0.15) is 16.5 Å². The molecule has 0 amide bonds. The molecule has 0 unspecified atom stereocenters. The Morgan fingerprint density at radius 2 is 2.22 bits per heavy atom. The minimum absolute atomic E-state index is 0.0305. The number of aromatic nitrogens is 2. The molecule has 6 heteroatoms. The van der Waals surface area contributed by atoms with Gasteiger partial charge in [0.25, 0.3) is 0 Å². The Kier molecular flexibility index (Phi) is 5.03. The molecule has 0 spiro atoms. The number of Topliss-reactive ketones (excluding diaryl/α,β-unsaturated/α-hetero) is 1. The molecular formula is C17H20N2O3S. The van der Waals surface area contributed by atoms with Gasteiger partial charge < -0.3 is 9.47 Å². The lowest BCUT2D eigenvalue weighted by atomic mass is 10.1. The number of hydrogen-bond donors (Lipinski definition) is 0. The first-order valence-corrected chi connectivity index (χ1v) is 8.61. The Balaban J connectivity index is 1.67. The van der Waals surface area contributed by atoms with Crippen LogP contribution in [0.15, 0.2) is 17.5 Å². The van der Waals surface area contributed by atoms with Crippen molar-refractivity contribution in [2.24, 2.45) is 5.92 Å². The third-order valence-corrected chi connectivity index (χ3v) is 4.67. The summed E-state index contributed by atoms with van der Waals surface area (Å²) in [5.41, 5.74) is 2.16. The summed E-state index contributed by atoms with van der Waals surface area (Å²) in [4.78, 5) is 21.1. The molecule has 0 aliphatic carbocycles. The van der Waals surface area contributed by atoms with Crippen LogP contribution in [0.4, 0.5) is 0 Å². The third-order valence-electron chi connectivity index (χ3n) is 3.70. The molecule has 122 valence electrons. The number of thiazole rings is 1. The molecule has 1 saturated heterocycles. The molecule has 1 aliphatic heterocycles. The van der Waals surface area contributed by atoms with Gasteiger partial charge in [-0.1, -0.05) is 0 Å². The number of carbonyl (C=O) groups is 1. The third kappa shape index (κ3) is 4.36. The normalized spacial score (nSPS) is 17.4. The highest BCUT2D eigenvalue weighted by Crippen LogP contribution is 2.19. The van der Waals surface area contributed by atoms with Gasteiger partial charge in [-0.25, -0.2) is 9.97 Å². The smallest absolute Gasteiger partial charge is 0.188 e. The Hall–Kier alpha value is -1.79. The Bertz CT molecular complexity index is 693. The van der Waals surface area contributed by atoms with Crippen LogP contribution in [0.3, 0.4) is 0 Å². The van der Waals surface area contributed by atoms with Crippen molar-refractivity contribution in [3.63, 3.8) is 0 Å². The van der Waals surface area contributed by atoms with E-state index < -0.39 is 0 Å². The lowest BCUT2D eigenvalue weighted by Crippen LogP contribution is -2.13. The monoisotopic (exact) mass is 332 g/mol. The van der Waals surface area contributed by atoms with Gasteiger partial charge in [0, 0.05) is 41.4 Å². The van der Waals surface area contributed by atoms with E-state index in [1.54, 1.807) is 6.07 Å². The minimum Gasteiger partial charge on any atom is -0.493 e. The van der Waals surface area contributed by atoms with Crippen molar-refractivity contribution in [2.75, 3.05) is 19.8 Å². The summed E-state index contributed by atoms with van der Waals surface area (Å²) >= 11 is 1.50. The number of carbonyl (C=O) groups excluding carboxylic acids is 1. The first-order chi connectivity index (χ1) is 11.1. The summed E-state index contributed by atoms with van der Waals surface area (Å²) in [5.74, 6) is 1.10. The topological polar surface area (TPSA) is 61.3 Å². The number of hydrogen-bond acceptors (Lipinski definition) is 6. The van der Waals surface area contributed by atoms with Gasteiger partial charge in [-0.2, -0.15) is 0 Å². The maximum absolute atomic E-state index is 12.4. The molecule has 23 heavy (non-hydrogen) atoms. The fraction of sp³-hybridized carbons (Fsp3) is 0.471. The Morgan fingerprint density at radius 3 is 2.91 bits per heavy atom. The molecule has 0 N–H and O–H groups in total. The molecule has 1 atom stereocenters. The molecule has 0 bridgehead atoms. The van der Waals surface area contributed by atoms with Crippen molar-refractivity contribution in [3.8, 4) is 5.75 Å².